The van der Waals surface area contributed by atoms with Crippen molar-refractivity contribution in [2.24, 2.45) is 0 Å². The maximum Gasteiger partial charge on any atom is 0.416 e. The molecule has 1 N–H and O–H groups in total. The molecule has 0 fully saturated rings. The number of carbonyl (C=O) groups excluding carboxylic acids is 1. The van der Waals surface area contributed by atoms with Crippen molar-refractivity contribution in [3.8, 4) is 5.88 Å². The number of nitrogens with one attached hydrogen (secondary N) is 1. The lowest BCUT2D eigenvalue weighted by atomic mass is 10.2. The van der Waals surface area contributed by atoms with E-state index in [1.165, 1.54) is 35.8 Å². The number of anilines is 1. The van der Waals surface area contributed by atoms with Crippen LogP contribution in [0.2, 0.25) is 0 Å². The Morgan fingerprint density at radius 1 is 1.34 bits per heavy atom. The van der Waals surface area contributed by atoms with Crippen molar-refractivity contribution in [2.75, 3.05) is 37.7 Å². The van der Waals surface area contributed by atoms with Crippen molar-refractivity contribution < 1.29 is 31.6 Å². The van der Waals surface area contributed by atoms with Crippen molar-refractivity contribution in [2.45, 2.75) is 11.1 Å². The lowest BCUT2D eigenvalue weighted by Gasteiger charge is -2.29. The van der Waals surface area contributed by atoms with Gasteiger partial charge in [-0.25, -0.2) is 9.19 Å². The Hall–Kier alpha value is -2.66. The standard InChI is InChI=1S/C18H18F3N3O4S/c1-27-8-6-22-16(25)12-10-15-17(23-11-12)28-9-7-24(15)29(26)14-4-2-13(3-5-14)18(19,20)21/h2-5,10-11H,6-9H2,1H3,(H,22,25). The Morgan fingerprint density at radius 2 is 2.07 bits per heavy atom. The topological polar surface area (TPSA) is 80.8 Å². The fourth-order valence-electron chi connectivity index (χ4n) is 2.63. The lowest BCUT2D eigenvalue weighted by Crippen LogP contribution is -2.35. The summed E-state index contributed by atoms with van der Waals surface area (Å²) < 4.78 is 63.0. The fourth-order valence-corrected chi connectivity index (χ4v) is 3.80. The highest BCUT2D eigenvalue weighted by atomic mass is 32.2. The molecule has 1 aromatic carbocycles. The Bertz CT molecular complexity index is 906. The first-order valence-corrected chi connectivity index (χ1v) is 9.68. The van der Waals surface area contributed by atoms with Crippen LogP contribution in [-0.2, 0) is 21.9 Å². The summed E-state index contributed by atoms with van der Waals surface area (Å²) in [6.45, 7) is 1.07. The van der Waals surface area contributed by atoms with Gasteiger partial charge in [0.1, 0.15) is 12.3 Å². The highest BCUT2D eigenvalue weighted by molar-refractivity contribution is 7.86. The van der Waals surface area contributed by atoms with Gasteiger partial charge in [-0.1, -0.05) is 0 Å². The van der Waals surface area contributed by atoms with Crippen LogP contribution in [0.5, 0.6) is 5.88 Å². The van der Waals surface area contributed by atoms with Crippen LogP contribution in [0.15, 0.2) is 41.4 Å². The van der Waals surface area contributed by atoms with Crippen LogP contribution in [0.4, 0.5) is 18.9 Å². The molecule has 2 aromatic rings. The molecule has 11 heteroatoms. The van der Waals surface area contributed by atoms with Gasteiger partial charge in [0.2, 0.25) is 5.88 Å². The van der Waals surface area contributed by atoms with Gasteiger partial charge in [-0.05, 0) is 30.3 Å². The van der Waals surface area contributed by atoms with Crippen LogP contribution in [0.25, 0.3) is 0 Å². The second-order valence-electron chi connectivity index (χ2n) is 6.02. The summed E-state index contributed by atoms with van der Waals surface area (Å²) in [5, 5.41) is 2.66. The normalized spacial score (nSPS) is 14.7. The number of aromatic nitrogens is 1. The molecular formula is C18H18F3N3O4S. The number of fused-ring (bicyclic) bond motifs is 1. The minimum absolute atomic E-state index is 0.195. The molecule has 0 aliphatic carbocycles. The van der Waals surface area contributed by atoms with Crippen LogP contribution in [0.3, 0.4) is 0 Å². The molecular weight excluding hydrogens is 411 g/mol. The van der Waals surface area contributed by atoms with Gasteiger partial charge < -0.3 is 14.8 Å². The number of ether oxygens (including phenoxy) is 2. The van der Waals surface area contributed by atoms with Gasteiger partial charge >= 0.3 is 6.18 Å². The maximum absolute atomic E-state index is 13.0. The van der Waals surface area contributed by atoms with Gasteiger partial charge in [0.15, 0.2) is 11.0 Å². The van der Waals surface area contributed by atoms with Gasteiger partial charge in [-0.2, -0.15) is 13.2 Å². The number of benzene rings is 1. The number of amides is 1. The average Bonchev–Trinajstić information content (AvgIpc) is 2.72. The SMILES string of the molecule is COCCNC(=O)c1cnc2c(c1)N(S(=O)c1ccc(C(F)(F)F)cc1)CCO2. The predicted molar refractivity (Wildman–Crippen MR) is 99.1 cm³/mol. The zero-order valence-corrected chi connectivity index (χ0v) is 16.2. The van der Waals surface area contributed by atoms with Crippen LogP contribution >= 0.6 is 0 Å². The second kappa shape index (κ2) is 8.78. The van der Waals surface area contributed by atoms with E-state index in [1.54, 1.807) is 0 Å². The van der Waals surface area contributed by atoms with Crippen LogP contribution in [0.1, 0.15) is 15.9 Å². The third-order valence-electron chi connectivity index (χ3n) is 4.07. The first-order valence-electron chi connectivity index (χ1n) is 8.58. The Balaban J connectivity index is 1.84. The minimum Gasteiger partial charge on any atom is -0.474 e. The number of carbonyl (C=O) groups is 1. The van der Waals surface area contributed by atoms with Crippen LogP contribution in [0, 0.1) is 0 Å². The Kier molecular flexibility index (Phi) is 6.38. The lowest BCUT2D eigenvalue weighted by molar-refractivity contribution is -0.137. The monoisotopic (exact) mass is 429 g/mol. The van der Waals surface area contributed by atoms with Crippen molar-refractivity contribution >= 4 is 22.6 Å². The first-order chi connectivity index (χ1) is 13.8. The molecule has 1 aliphatic heterocycles. The van der Waals surface area contributed by atoms with Gasteiger partial charge in [0, 0.05) is 19.9 Å². The van der Waals surface area contributed by atoms with Gasteiger partial charge in [0.25, 0.3) is 5.91 Å². The number of hydrogen-bond acceptors (Lipinski definition) is 5. The highest BCUT2D eigenvalue weighted by Gasteiger charge is 2.31. The van der Waals surface area contributed by atoms with E-state index in [0.717, 1.165) is 12.1 Å². The number of hydrogen-bond donors (Lipinski definition) is 1. The van der Waals surface area contributed by atoms with Gasteiger partial charge in [-0.15, -0.1) is 0 Å². The molecule has 1 amide bonds. The third-order valence-corrected chi connectivity index (χ3v) is 5.53. The van der Waals surface area contributed by atoms with Crippen molar-refractivity contribution in [3.63, 3.8) is 0 Å². The van der Waals surface area contributed by atoms with Gasteiger partial charge in [-0.3, -0.25) is 9.10 Å². The summed E-state index contributed by atoms with van der Waals surface area (Å²) in [7, 11) is -0.288. The van der Waals surface area contributed by atoms with Crippen molar-refractivity contribution in [1.82, 2.24) is 10.3 Å². The van der Waals surface area contributed by atoms with E-state index >= 15 is 0 Å². The summed E-state index contributed by atoms with van der Waals surface area (Å²) in [6.07, 6.45) is -3.13. The van der Waals surface area contributed by atoms with Crippen molar-refractivity contribution in [1.29, 1.82) is 0 Å². The van der Waals surface area contributed by atoms with E-state index in [1.807, 2.05) is 0 Å². The predicted octanol–water partition coefficient (Wildman–Crippen LogP) is 2.40. The molecule has 29 heavy (non-hydrogen) atoms. The zero-order valence-electron chi connectivity index (χ0n) is 15.4. The summed E-state index contributed by atoms with van der Waals surface area (Å²) in [4.78, 5) is 16.5. The number of alkyl halides is 3. The molecule has 1 unspecified atom stereocenters. The quantitative estimate of drug-likeness (QED) is 0.714. The van der Waals surface area contributed by atoms with Crippen LogP contribution < -0.4 is 14.4 Å². The van der Waals surface area contributed by atoms with Crippen LogP contribution in [-0.4, -0.2) is 48.5 Å². The summed E-state index contributed by atoms with van der Waals surface area (Å²) >= 11 is 0. The minimum atomic E-state index is -4.47. The molecule has 0 saturated carbocycles. The third kappa shape index (κ3) is 4.85. The molecule has 7 nitrogen and oxygen atoms in total. The number of pyridine rings is 1. The molecule has 3 rings (SSSR count). The molecule has 1 aliphatic rings. The molecule has 0 saturated heterocycles. The van der Waals surface area contributed by atoms with Crippen molar-refractivity contribution in [3.05, 3.63) is 47.7 Å². The van der Waals surface area contributed by atoms with E-state index < -0.39 is 22.7 Å². The number of nitrogens with zero attached hydrogens (tertiary/aromatic N) is 2. The largest absolute Gasteiger partial charge is 0.474 e. The highest BCUT2D eigenvalue weighted by Crippen LogP contribution is 2.34. The van der Waals surface area contributed by atoms with E-state index in [2.05, 4.69) is 10.3 Å². The molecule has 0 radical (unpaired) electrons. The number of methoxy groups -OCH3 is 1. The maximum atomic E-state index is 13.0. The van der Waals surface area contributed by atoms with E-state index in [9.17, 15) is 22.2 Å². The zero-order chi connectivity index (χ0) is 21.0. The molecule has 156 valence electrons. The number of rotatable bonds is 6. The average molecular weight is 429 g/mol. The molecule has 0 spiro atoms. The van der Waals surface area contributed by atoms with Gasteiger partial charge in [0.05, 0.1) is 29.2 Å². The summed E-state index contributed by atoms with van der Waals surface area (Å²) in [5.74, 6) is -0.187. The van der Waals surface area contributed by atoms with E-state index in [-0.39, 0.29) is 35.4 Å². The molecule has 1 atom stereocenters. The smallest absolute Gasteiger partial charge is 0.416 e. The summed E-state index contributed by atoms with van der Waals surface area (Å²) in [5.41, 5.74) is -0.258. The Labute approximate surface area is 167 Å². The Morgan fingerprint density at radius 3 is 2.72 bits per heavy atom. The molecule has 1 aromatic heterocycles. The van der Waals surface area contributed by atoms with E-state index in [0.29, 0.717) is 18.8 Å². The number of halogens is 3. The summed E-state index contributed by atoms with van der Waals surface area (Å²) in [6, 6.07) is 5.59. The first kappa shape index (κ1) is 21.1. The van der Waals surface area contributed by atoms with E-state index in [4.69, 9.17) is 9.47 Å². The fraction of sp³-hybridized carbons (Fsp3) is 0.333. The molecule has 2 heterocycles. The second-order valence-corrected chi connectivity index (χ2v) is 7.43. The molecule has 0 bridgehead atoms.